The first-order valence-electron chi connectivity index (χ1n) is 11.3. The predicted octanol–water partition coefficient (Wildman–Crippen LogP) is 8.21. The van der Waals surface area contributed by atoms with E-state index in [2.05, 4.69) is 106 Å². The summed E-state index contributed by atoms with van der Waals surface area (Å²) in [7, 11) is -1.99. The third-order valence-corrected chi connectivity index (χ3v) is 13.4. The molecule has 3 nitrogen and oxygen atoms in total. The first-order valence-corrected chi connectivity index (χ1v) is 14.2. The van der Waals surface area contributed by atoms with Gasteiger partial charge in [0, 0.05) is 23.3 Å². The molecule has 31 heavy (non-hydrogen) atoms. The van der Waals surface area contributed by atoms with E-state index in [1.807, 2.05) is 6.07 Å². The molecule has 0 aliphatic carbocycles. The molecular formula is C26H37BrN2OSi. The molecule has 5 heteroatoms. The molecule has 0 saturated carbocycles. The second-order valence-corrected chi connectivity index (χ2v) is 16.0. The van der Waals surface area contributed by atoms with E-state index in [1.54, 1.807) is 0 Å². The van der Waals surface area contributed by atoms with E-state index in [-0.39, 0.29) is 0 Å². The number of fused-ring (bicyclic) bond motifs is 1. The average molecular weight is 502 g/mol. The van der Waals surface area contributed by atoms with Crippen LogP contribution in [0.2, 0.25) is 16.6 Å². The molecule has 0 fully saturated rings. The van der Waals surface area contributed by atoms with Crippen molar-refractivity contribution in [3.05, 3.63) is 57.7 Å². The van der Waals surface area contributed by atoms with Gasteiger partial charge in [-0.2, -0.15) is 0 Å². The van der Waals surface area contributed by atoms with Crippen molar-refractivity contribution >= 4 is 40.8 Å². The average Bonchev–Trinajstić information content (AvgIpc) is 3.01. The minimum atomic E-state index is -1.99. The van der Waals surface area contributed by atoms with E-state index in [0.717, 1.165) is 27.8 Å². The second-order valence-electron chi connectivity index (χ2n) is 9.79. The summed E-state index contributed by atoms with van der Waals surface area (Å²) in [6.45, 7) is 19.0. The molecule has 0 amide bonds. The van der Waals surface area contributed by atoms with E-state index < -0.39 is 8.32 Å². The number of anilines is 1. The summed E-state index contributed by atoms with van der Waals surface area (Å²) in [6.07, 6.45) is 0. The molecule has 0 bridgehead atoms. The molecule has 168 valence electrons. The van der Waals surface area contributed by atoms with Gasteiger partial charge in [0.05, 0.1) is 9.99 Å². The molecule has 0 spiro atoms. The molecule has 1 heterocycles. The monoisotopic (exact) mass is 500 g/mol. The van der Waals surface area contributed by atoms with Gasteiger partial charge < -0.3 is 14.7 Å². The summed E-state index contributed by atoms with van der Waals surface area (Å²) in [5.74, 6) is 0.973. The highest BCUT2D eigenvalue weighted by Gasteiger charge is 2.47. The van der Waals surface area contributed by atoms with Crippen molar-refractivity contribution in [1.29, 1.82) is 0 Å². The lowest BCUT2D eigenvalue weighted by molar-refractivity contribution is 0.477. The summed E-state index contributed by atoms with van der Waals surface area (Å²) in [4.78, 5) is 0. The van der Waals surface area contributed by atoms with Gasteiger partial charge in [0.1, 0.15) is 5.75 Å². The van der Waals surface area contributed by atoms with Crippen molar-refractivity contribution in [2.24, 2.45) is 0 Å². The van der Waals surface area contributed by atoms with Crippen molar-refractivity contribution < 1.29 is 4.43 Å². The number of hydrogen-bond acceptors (Lipinski definition) is 2. The van der Waals surface area contributed by atoms with Gasteiger partial charge in [0.2, 0.25) is 0 Å². The molecule has 0 radical (unpaired) electrons. The van der Waals surface area contributed by atoms with Gasteiger partial charge in [0.25, 0.3) is 8.32 Å². The van der Waals surface area contributed by atoms with Crippen LogP contribution in [-0.2, 0) is 6.54 Å². The molecule has 1 aromatic heterocycles. The van der Waals surface area contributed by atoms with E-state index in [0.29, 0.717) is 16.6 Å². The Hall–Kier alpha value is -1.72. The van der Waals surface area contributed by atoms with Crippen LogP contribution in [0.4, 0.5) is 5.69 Å². The summed E-state index contributed by atoms with van der Waals surface area (Å²) in [6, 6.07) is 12.9. The molecular weight excluding hydrogens is 464 g/mol. The Kier molecular flexibility index (Phi) is 6.97. The number of hydrogen-bond donors (Lipinski definition) is 1. The van der Waals surface area contributed by atoms with Crippen LogP contribution in [0.1, 0.15) is 58.4 Å². The number of aromatic nitrogens is 1. The highest BCUT2D eigenvalue weighted by atomic mass is 79.9. The highest BCUT2D eigenvalue weighted by molar-refractivity contribution is 9.10. The Balaban J connectivity index is 1.96. The lowest BCUT2D eigenvalue weighted by Gasteiger charge is -2.42. The first-order chi connectivity index (χ1) is 14.5. The zero-order chi connectivity index (χ0) is 23.1. The van der Waals surface area contributed by atoms with Gasteiger partial charge in [-0.1, -0.05) is 53.7 Å². The zero-order valence-electron chi connectivity index (χ0n) is 20.2. The van der Waals surface area contributed by atoms with Crippen LogP contribution >= 0.6 is 15.9 Å². The van der Waals surface area contributed by atoms with E-state index >= 15 is 0 Å². The quantitative estimate of drug-likeness (QED) is 0.262. The van der Waals surface area contributed by atoms with Crippen molar-refractivity contribution in [3.63, 3.8) is 0 Å². The van der Waals surface area contributed by atoms with Gasteiger partial charge in [0.15, 0.2) is 0 Å². The molecule has 0 aliphatic rings. The third kappa shape index (κ3) is 4.31. The Labute approximate surface area is 197 Å². The molecule has 3 aromatic rings. The zero-order valence-corrected chi connectivity index (χ0v) is 22.8. The largest absolute Gasteiger partial charge is 0.542 e. The molecule has 2 N–H and O–H groups in total. The minimum absolute atomic E-state index is 0.543. The van der Waals surface area contributed by atoms with E-state index in [1.165, 1.54) is 22.3 Å². The summed E-state index contributed by atoms with van der Waals surface area (Å²) >= 11 is 3.81. The normalized spacial score (nSPS) is 12.5. The van der Waals surface area contributed by atoms with Gasteiger partial charge >= 0.3 is 0 Å². The highest BCUT2D eigenvalue weighted by Crippen LogP contribution is 2.44. The topological polar surface area (TPSA) is 40.2 Å². The van der Waals surface area contributed by atoms with Crippen molar-refractivity contribution in [3.8, 4) is 5.75 Å². The van der Waals surface area contributed by atoms with Crippen LogP contribution in [0.15, 0.2) is 40.9 Å². The second kappa shape index (κ2) is 9.03. The minimum Gasteiger partial charge on any atom is -0.542 e. The fourth-order valence-corrected chi connectivity index (χ4v) is 11.3. The Morgan fingerprint density at radius 1 is 0.935 bits per heavy atom. The number of rotatable bonds is 7. The van der Waals surface area contributed by atoms with E-state index in [4.69, 9.17) is 10.2 Å². The van der Waals surface area contributed by atoms with Crippen LogP contribution < -0.4 is 10.2 Å². The SMILES string of the molecule is Cc1ccc(N)c2cc(C)n(Cc3ccc(O[Si](C(C)C)(C(C)C)C(C)C)c(Br)c3)c12. The fraction of sp³-hybridized carbons (Fsp3) is 0.462. The van der Waals surface area contributed by atoms with Crippen LogP contribution in [-0.4, -0.2) is 12.9 Å². The molecule has 0 unspecified atom stereocenters. The summed E-state index contributed by atoms with van der Waals surface area (Å²) in [5.41, 5.74) is 13.6. The third-order valence-electron chi connectivity index (χ3n) is 6.83. The predicted molar refractivity (Wildman–Crippen MR) is 141 cm³/mol. The van der Waals surface area contributed by atoms with Gasteiger partial charge in [-0.15, -0.1) is 0 Å². The molecule has 0 atom stereocenters. The number of nitrogen functional groups attached to an aromatic ring is 1. The Morgan fingerprint density at radius 3 is 2.10 bits per heavy atom. The Bertz CT molecular complexity index is 1060. The maximum absolute atomic E-state index is 6.90. The van der Waals surface area contributed by atoms with Crippen LogP contribution in [0, 0.1) is 13.8 Å². The Morgan fingerprint density at radius 2 is 1.55 bits per heavy atom. The van der Waals surface area contributed by atoms with Crippen molar-refractivity contribution in [1.82, 2.24) is 4.57 Å². The molecule has 0 saturated heterocycles. The summed E-state index contributed by atoms with van der Waals surface area (Å²) < 4.78 is 10.3. The lowest BCUT2D eigenvalue weighted by atomic mass is 10.1. The van der Waals surface area contributed by atoms with E-state index in [9.17, 15) is 0 Å². The standard InChI is InChI=1S/C26H37BrN2OSi/c1-16(2)31(17(3)4,18(5)6)30-25-12-10-21(14-23(25)27)15-29-20(8)13-22-24(28)11-9-19(7)26(22)29/h9-14,16-18H,15,28H2,1-8H3. The van der Waals surface area contributed by atoms with Gasteiger partial charge in [-0.25, -0.2) is 0 Å². The number of aryl methyl sites for hydroxylation is 2. The molecule has 3 rings (SSSR count). The first kappa shape index (κ1) is 23.9. The number of nitrogens with zero attached hydrogens (tertiary/aromatic N) is 1. The van der Waals surface area contributed by atoms with Gasteiger partial charge in [-0.05, 0) is 81.8 Å². The van der Waals surface area contributed by atoms with Crippen LogP contribution in [0.5, 0.6) is 5.75 Å². The fourth-order valence-electron chi connectivity index (χ4n) is 5.36. The van der Waals surface area contributed by atoms with Gasteiger partial charge in [-0.3, -0.25) is 0 Å². The smallest absolute Gasteiger partial charge is 0.258 e. The number of benzene rings is 2. The van der Waals surface area contributed by atoms with Crippen molar-refractivity contribution in [2.75, 3.05) is 5.73 Å². The van der Waals surface area contributed by atoms with Crippen LogP contribution in [0.3, 0.4) is 0 Å². The van der Waals surface area contributed by atoms with Crippen molar-refractivity contribution in [2.45, 2.75) is 78.6 Å². The number of halogens is 1. The molecule has 2 aromatic carbocycles. The summed E-state index contributed by atoms with van der Waals surface area (Å²) in [5, 5.41) is 1.14. The lowest BCUT2D eigenvalue weighted by Crippen LogP contribution is -2.50. The maximum Gasteiger partial charge on any atom is 0.258 e. The van der Waals surface area contributed by atoms with Crippen LogP contribution in [0.25, 0.3) is 10.9 Å². The maximum atomic E-state index is 6.90. The number of nitrogens with two attached hydrogens (primary N) is 1. The molecule has 0 aliphatic heterocycles.